The van der Waals surface area contributed by atoms with Gasteiger partial charge < -0.3 is 14.2 Å². The van der Waals surface area contributed by atoms with E-state index in [0.717, 1.165) is 0 Å². The minimum atomic E-state index is -3.93. The SMILES string of the molecule is COc1ccc(Cl)cc1S(=O)(=O)NCc1nc(-c2cc[nH]c(=O)c2)no1. The standard InChI is InChI=1S/C15H13ClN4O5S/c1-24-11-3-2-10(16)7-12(11)26(22,23)18-8-14-19-15(20-25-14)9-4-5-17-13(21)6-9/h2-7,18H,8H2,1H3,(H,17,21). The molecule has 2 aromatic heterocycles. The van der Waals surface area contributed by atoms with E-state index in [2.05, 4.69) is 19.8 Å². The Morgan fingerprint density at radius 3 is 2.85 bits per heavy atom. The van der Waals surface area contributed by atoms with Gasteiger partial charge in [0.1, 0.15) is 10.6 Å². The van der Waals surface area contributed by atoms with Crippen molar-refractivity contribution in [2.75, 3.05) is 7.11 Å². The van der Waals surface area contributed by atoms with Crippen molar-refractivity contribution in [2.45, 2.75) is 11.4 Å². The second-order valence-electron chi connectivity index (χ2n) is 5.07. The van der Waals surface area contributed by atoms with Crippen LogP contribution in [0.3, 0.4) is 0 Å². The lowest BCUT2D eigenvalue weighted by molar-refractivity contribution is 0.375. The summed E-state index contributed by atoms with van der Waals surface area (Å²) < 4.78 is 37.3. The summed E-state index contributed by atoms with van der Waals surface area (Å²) in [4.78, 5) is 17.7. The molecule has 0 fully saturated rings. The van der Waals surface area contributed by atoms with Crippen molar-refractivity contribution in [1.29, 1.82) is 0 Å². The van der Waals surface area contributed by atoms with Gasteiger partial charge in [-0.2, -0.15) is 4.98 Å². The van der Waals surface area contributed by atoms with Gasteiger partial charge in [-0.25, -0.2) is 13.1 Å². The number of benzene rings is 1. The Kier molecular flexibility index (Phi) is 5.07. The van der Waals surface area contributed by atoms with Gasteiger partial charge in [-0.3, -0.25) is 4.79 Å². The van der Waals surface area contributed by atoms with Crippen molar-refractivity contribution in [3.63, 3.8) is 0 Å². The van der Waals surface area contributed by atoms with E-state index in [1.54, 1.807) is 6.07 Å². The molecule has 0 atom stereocenters. The van der Waals surface area contributed by atoms with Crippen LogP contribution in [0.4, 0.5) is 0 Å². The number of aromatic amines is 1. The zero-order valence-electron chi connectivity index (χ0n) is 13.4. The molecule has 0 radical (unpaired) electrons. The van der Waals surface area contributed by atoms with E-state index in [1.807, 2.05) is 0 Å². The molecule has 136 valence electrons. The smallest absolute Gasteiger partial charge is 0.248 e. The average Bonchev–Trinajstić information content (AvgIpc) is 3.09. The Balaban J connectivity index is 1.79. The zero-order chi connectivity index (χ0) is 18.7. The molecule has 0 aliphatic rings. The molecule has 9 nitrogen and oxygen atoms in total. The van der Waals surface area contributed by atoms with E-state index in [4.69, 9.17) is 20.9 Å². The number of nitrogens with one attached hydrogen (secondary N) is 2. The second-order valence-corrected chi connectivity index (χ2v) is 7.24. The third kappa shape index (κ3) is 3.93. The van der Waals surface area contributed by atoms with Crippen LogP contribution in [-0.2, 0) is 16.6 Å². The van der Waals surface area contributed by atoms with Crippen LogP contribution >= 0.6 is 11.6 Å². The first-order chi connectivity index (χ1) is 12.4. The average molecular weight is 397 g/mol. The van der Waals surface area contributed by atoms with Crippen molar-refractivity contribution in [3.05, 3.63) is 57.8 Å². The largest absolute Gasteiger partial charge is 0.495 e. The van der Waals surface area contributed by atoms with Gasteiger partial charge in [0.2, 0.25) is 27.3 Å². The predicted octanol–water partition coefficient (Wildman–Crippen LogP) is 1.57. The summed E-state index contributed by atoms with van der Waals surface area (Å²) >= 11 is 5.86. The Morgan fingerprint density at radius 1 is 1.31 bits per heavy atom. The van der Waals surface area contributed by atoms with E-state index in [1.165, 1.54) is 37.6 Å². The highest BCUT2D eigenvalue weighted by Crippen LogP contribution is 2.27. The number of methoxy groups -OCH3 is 1. The zero-order valence-corrected chi connectivity index (χ0v) is 15.0. The predicted molar refractivity (Wildman–Crippen MR) is 92.4 cm³/mol. The lowest BCUT2D eigenvalue weighted by Gasteiger charge is -2.09. The minimum Gasteiger partial charge on any atom is -0.495 e. The molecule has 11 heteroatoms. The summed E-state index contributed by atoms with van der Waals surface area (Å²) in [5, 5.41) is 3.98. The molecular formula is C15H13ClN4O5S. The number of halogens is 1. The molecule has 2 N–H and O–H groups in total. The van der Waals surface area contributed by atoms with Crippen LogP contribution in [0.5, 0.6) is 5.75 Å². The first kappa shape index (κ1) is 18.1. The van der Waals surface area contributed by atoms with E-state index in [0.29, 0.717) is 5.56 Å². The van der Waals surface area contributed by atoms with Crippen LogP contribution in [0, 0.1) is 0 Å². The van der Waals surface area contributed by atoms with Crippen molar-refractivity contribution in [3.8, 4) is 17.1 Å². The first-order valence-electron chi connectivity index (χ1n) is 7.24. The normalized spacial score (nSPS) is 11.5. The Morgan fingerprint density at radius 2 is 2.12 bits per heavy atom. The molecule has 0 saturated heterocycles. The van der Waals surface area contributed by atoms with Crippen LogP contribution in [0.25, 0.3) is 11.4 Å². The first-order valence-corrected chi connectivity index (χ1v) is 9.10. The maximum Gasteiger partial charge on any atom is 0.248 e. The number of sulfonamides is 1. The lowest BCUT2D eigenvalue weighted by atomic mass is 10.2. The number of ether oxygens (including phenoxy) is 1. The molecule has 1 aromatic carbocycles. The topological polar surface area (TPSA) is 127 Å². The summed E-state index contributed by atoms with van der Waals surface area (Å²) in [7, 11) is -2.57. The maximum atomic E-state index is 12.5. The number of nitrogens with zero attached hydrogens (tertiary/aromatic N) is 2. The fourth-order valence-corrected chi connectivity index (χ4v) is 3.53. The van der Waals surface area contributed by atoms with Gasteiger partial charge in [-0.15, -0.1) is 0 Å². The summed E-state index contributed by atoms with van der Waals surface area (Å²) in [6.45, 7) is -0.242. The third-order valence-corrected chi connectivity index (χ3v) is 4.99. The summed E-state index contributed by atoms with van der Waals surface area (Å²) in [5.41, 5.74) is 0.130. The van der Waals surface area contributed by atoms with Gasteiger partial charge in [0.15, 0.2) is 0 Å². The van der Waals surface area contributed by atoms with E-state index in [-0.39, 0.29) is 39.5 Å². The second kappa shape index (κ2) is 7.28. The number of hydrogen-bond donors (Lipinski definition) is 2. The summed E-state index contributed by atoms with van der Waals surface area (Å²) in [5.74, 6) is 0.354. The number of rotatable bonds is 6. The fourth-order valence-electron chi connectivity index (χ4n) is 2.12. The number of pyridine rings is 1. The van der Waals surface area contributed by atoms with Gasteiger partial charge in [0.25, 0.3) is 0 Å². The van der Waals surface area contributed by atoms with Crippen LogP contribution in [-0.4, -0.2) is 30.7 Å². The quantitative estimate of drug-likeness (QED) is 0.647. The monoisotopic (exact) mass is 396 g/mol. The Hall–Kier alpha value is -2.69. The summed E-state index contributed by atoms with van der Waals surface area (Å²) in [6.07, 6.45) is 1.45. The molecule has 0 spiro atoms. The highest BCUT2D eigenvalue weighted by atomic mass is 35.5. The van der Waals surface area contributed by atoms with Crippen molar-refractivity contribution < 1.29 is 17.7 Å². The number of aromatic nitrogens is 3. The van der Waals surface area contributed by atoms with Crippen molar-refractivity contribution >= 4 is 21.6 Å². The third-order valence-electron chi connectivity index (χ3n) is 3.33. The Bertz CT molecular complexity index is 1090. The van der Waals surface area contributed by atoms with Crippen LogP contribution in [0.15, 0.2) is 50.7 Å². The molecule has 2 heterocycles. The van der Waals surface area contributed by atoms with E-state index >= 15 is 0 Å². The van der Waals surface area contributed by atoms with Gasteiger partial charge >= 0.3 is 0 Å². The molecule has 0 bridgehead atoms. The molecule has 3 aromatic rings. The van der Waals surface area contributed by atoms with E-state index < -0.39 is 10.0 Å². The summed E-state index contributed by atoms with van der Waals surface area (Å²) in [6, 6.07) is 7.14. The van der Waals surface area contributed by atoms with Crippen molar-refractivity contribution in [1.82, 2.24) is 19.8 Å². The molecule has 0 unspecified atom stereocenters. The number of hydrogen-bond acceptors (Lipinski definition) is 7. The van der Waals surface area contributed by atoms with Crippen LogP contribution < -0.4 is 15.0 Å². The van der Waals surface area contributed by atoms with E-state index in [9.17, 15) is 13.2 Å². The molecule has 0 amide bonds. The highest BCUT2D eigenvalue weighted by molar-refractivity contribution is 7.89. The highest BCUT2D eigenvalue weighted by Gasteiger charge is 2.21. The maximum absolute atomic E-state index is 12.5. The Labute approximate surface area is 153 Å². The lowest BCUT2D eigenvalue weighted by Crippen LogP contribution is -2.24. The van der Waals surface area contributed by atoms with Gasteiger partial charge in [0.05, 0.1) is 13.7 Å². The molecule has 26 heavy (non-hydrogen) atoms. The van der Waals surface area contributed by atoms with Gasteiger partial charge in [-0.1, -0.05) is 16.8 Å². The molecule has 0 aliphatic carbocycles. The van der Waals surface area contributed by atoms with Gasteiger partial charge in [-0.05, 0) is 24.3 Å². The molecular weight excluding hydrogens is 384 g/mol. The fraction of sp³-hybridized carbons (Fsp3) is 0.133. The minimum absolute atomic E-state index is 0.0323. The molecule has 3 rings (SSSR count). The van der Waals surface area contributed by atoms with Crippen molar-refractivity contribution in [2.24, 2.45) is 0 Å². The van der Waals surface area contributed by atoms with Crippen LogP contribution in [0.1, 0.15) is 5.89 Å². The van der Waals surface area contributed by atoms with Gasteiger partial charge in [0, 0.05) is 22.8 Å². The molecule has 0 aliphatic heterocycles. The molecule has 0 saturated carbocycles. The van der Waals surface area contributed by atoms with Crippen LogP contribution in [0.2, 0.25) is 5.02 Å². The number of H-pyrrole nitrogens is 1.